The lowest BCUT2D eigenvalue weighted by Gasteiger charge is -2.31. The molecule has 0 saturated carbocycles. The highest BCUT2D eigenvalue weighted by Gasteiger charge is 2.15. The summed E-state index contributed by atoms with van der Waals surface area (Å²) in [6, 6.07) is 7.12. The van der Waals surface area contributed by atoms with E-state index >= 15 is 0 Å². The van der Waals surface area contributed by atoms with Gasteiger partial charge < -0.3 is 15.4 Å². The van der Waals surface area contributed by atoms with E-state index in [1.54, 1.807) is 24.3 Å². The summed E-state index contributed by atoms with van der Waals surface area (Å²) in [5.41, 5.74) is 0.775. The molecular weight excluding hydrogens is 302 g/mol. The van der Waals surface area contributed by atoms with Gasteiger partial charge in [0, 0.05) is 49.9 Å². The Balaban J connectivity index is 1.54. The summed E-state index contributed by atoms with van der Waals surface area (Å²) in [6.45, 7) is 7.44. The number of carbonyl (C=O) groups is 1. The third kappa shape index (κ3) is 6.32. The molecule has 1 aliphatic heterocycles. The summed E-state index contributed by atoms with van der Waals surface area (Å²) in [5.74, 6) is 0.00909. The molecule has 1 aromatic carbocycles. The van der Waals surface area contributed by atoms with Gasteiger partial charge in [0.2, 0.25) is 5.91 Å². The van der Waals surface area contributed by atoms with Gasteiger partial charge >= 0.3 is 0 Å². The van der Waals surface area contributed by atoms with E-state index in [9.17, 15) is 4.79 Å². The van der Waals surface area contributed by atoms with Crippen molar-refractivity contribution in [1.82, 2.24) is 10.2 Å². The normalized spacial score (nSPS) is 19.1. The van der Waals surface area contributed by atoms with Crippen molar-refractivity contribution in [2.24, 2.45) is 0 Å². The molecule has 1 saturated heterocycles. The molecule has 0 bridgehead atoms. The smallest absolute Gasteiger partial charge is 0.225 e. The van der Waals surface area contributed by atoms with Gasteiger partial charge in [-0.05, 0) is 31.2 Å². The number of carbonyl (C=O) groups excluding carboxylic acids is 1. The number of anilines is 1. The molecule has 1 heterocycles. The number of ether oxygens (including phenoxy) is 1. The van der Waals surface area contributed by atoms with Crippen molar-refractivity contribution < 1.29 is 9.53 Å². The van der Waals surface area contributed by atoms with Gasteiger partial charge in [0.05, 0.1) is 12.7 Å². The fourth-order valence-electron chi connectivity index (χ4n) is 2.41. The summed E-state index contributed by atoms with van der Waals surface area (Å²) >= 11 is 5.81. The molecule has 5 nitrogen and oxygen atoms in total. The van der Waals surface area contributed by atoms with Crippen LogP contribution in [0.5, 0.6) is 0 Å². The minimum Gasteiger partial charge on any atom is -0.376 e. The first-order chi connectivity index (χ1) is 10.6. The Labute approximate surface area is 137 Å². The molecule has 0 aromatic heterocycles. The number of hydrogen-bond acceptors (Lipinski definition) is 4. The van der Waals surface area contributed by atoms with E-state index in [0.717, 1.165) is 38.5 Å². The quantitative estimate of drug-likeness (QED) is 0.753. The summed E-state index contributed by atoms with van der Waals surface area (Å²) < 4.78 is 5.51. The minimum atomic E-state index is 0.00909. The molecule has 1 fully saturated rings. The lowest BCUT2D eigenvalue weighted by atomic mass is 10.3. The second-order valence-corrected chi connectivity index (χ2v) is 5.97. The Morgan fingerprint density at radius 2 is 2.14 bits per heavy atom. The molecule has 2 N–H and O–H groups in total. The highest BCUT2D eigenvalue weighted by atomic mass is 35.5. The highest BCUT2D eigenvalue weighted by molar-refractivity contribution is 6.30. The molecule has 122 valence electrons. The van der Waals surface area contributed by atoms with E-state index in [1.165, 1.54) is 0 Å². The maximum absolute atomic E-state index is 11.8. The molecule has 22 heavy (non-hydrogen) atoms. The molecule has 6 heteroatoms. The maximum atomic E-state index is 11.8. The van der Waals surface area contributed by atoms with Gasteiger partial charge in [-0.3, -0.25) is 9.69 Å². The first kappa shape index (κ1) is 17.2. The maximum Gasteiger partial charge on any atom is 0.225 e. The number of halogens is 1. The fourth-order valence-corrected chi connectivity index (χ4v) is 2.54. The van der Waals surface area contributed by atoms with E-state index in [4.69, 9.17) is 16.3 Å². The van der Waals surface area contributed by atoms with Crippen molar-refractivity contribution in [3.63, 3.8) is 0 Å². The van der Waals surface area contributed by atoms with Gasteiger partial charge in [0.25, 0.3) is 0 Å². The van der Waals surface area contributed by atoms with Crippen LogP contribution in [-0.2, 0) is 9.53 Å². The number of benzene rings is 1. The number of nitrogens with one attached hydrogen (secondary N) is 2. The number of morpholine rings is 1. The molecule has 2 rings (SSSR count). The molecule has 0 radical (unpaired) electrons. The average Bonchev–Trinajstić information content (AvgIpc) is 2.49. The average molecular weight is 326 g/mol. The second kappa shape index (κ2) is 9.10. The zero-order chi connectivity index (χ0) is 15.8. The number of nitrogens with zero attached hydrogens (tertiary/aromatic N) is 1. The third-order valence-electron chi connectivity index (χ3n) is 3.59. The lowest BCUT2D eigenvalue weighted by molar-refractivity contribution is -0.116. The Kier molecular flexibility index (Phi) is 7.12. The van der Waals surface area contributed by atoms with E-state index in [1.807, 2.05) is 0 Å². The molecule has 1 unspecified atom stereocenters. The predicted octanol–water partition coefficient (Wildman–Crippen LogP) is 1.98. The molecular formula is C16H24ClN3O2. The van der Waals surface area contributed by atoms with Gasteiger partial charge in [-0.2, -0.15) is 0 Å². The molecule has 1 aliphatic rings. The van der Waals surface area contributed by atoms with Crippen LogP contribution in [0, 0.1) is 0 Å². The summed E-state index contributed by atoms with van der Waals surface area (Å²) in [7, 11) is 0. The molecule has 1 amide bonds. The number of amides is 1. The largest absolute Gasteiger partial charge is 0.376 e. The van der Waals surface area contributed by atoms with Crippen LogP contribution in [0.4, 0.5) is 5.69 Å². The number of hydrogen-bond donors (Lipinski definition) is 2. The molecule has 0 spiro atoms. The zero-order valence-electron chi connectivity index (χ0n) is 13.0. The standard InChI is InChI=1S/C16H24ClN3O2/c1-13-12-20(10-11-22-13)9-8-18-7-6-16(21)19-15-4-2-14(17)3-5-15/h2-5,13,18H,6-12H2,1H3,(H,19,21). The second-order valence-electron chi connectivity index (χ2n) is 5.54. The number of rotatable bonds is 7. The van der Waals surface area contributed by atoms with Crippen molar-refractivity contribution in [2.45, 2.75) is 19.4 Å². The SMILES string of the molecule is CC1CN(CCNCCC(=O)Nc2ccc(Cl)cc2)CCO1. The van der Waals surface area contributed by atoms with Gasteiger partial charge in [-0.25, -0.2) is 0 Å². The van der Waals surface area contributed by atoms with Crippen molar-refractivity contribution in [3.8, 4) is 0 Å². The Morgan fingerprint density at radius 1 is 1.36 bits per heavy atom. The Hall–Kier alpha value is -1.14. The fraction of sp³-hybridized carbons (Fsp3) is 0.562. The monoisotopic (exact) mass is 325 g/mol. The van der Waals surface area contributed by atoms with Crippen LogP contribution in [0.25, 0.3) is 0 Å². The van der Waals surface area contributed by atoms with E-state index < -0.39 is 0 Å². The van der Waals surface area contributed by atoms with Crippen LogP contribution in [-0.4, -0.2) is 56.2 Å². The van der Waals surface area contributed by atoms with E-state index in [-0.39, 0.29) is 5.91 Å². The first-order valence-corrected chi connectivity index (χ1v) is 8.11. The van der Waals surface area contributed by atoms with Crippen LogP contribution >= 0.6 is 11.6 Å². The van der Waals surface area contributed by atoms with Crippen molar-refractivity contribution in [1.29, 1.82) is 0 Å². The lowest BCUT2D eigenvalue weighted by Crippen LogP contribution is -2.44. The van der Waals surface area contributed by atoms with E-state index in [2.05, 4.69) is 22.5 Å². The van der Waals surface area contributed by atoms with Crippen LogP contribution < -0.4 is 10.6 Å². The van der Waals surface area contributed by atoms with Gasteiger partial charge in [0.15, 0.2) is 0 Å². The van der Waals surface area contributed by atoms with Gasteiger partial charge in [-0.15, -0.1) is 0 Å². The Bertz CT molecular complexity index is 467. The highest BCUT2D eigenvalue weighted by Crippen LogP contribution is 2.13. The predicted molar refractivity (Wildman–Crippen MR) is 89.4 cm³/mol. The summed E-state index contributed by atoms with van der Waals surface area (Å²) in [6.07, 6.45) is 0.779. The van der Waals surface area contributed by atoms with Crippen molar-refractivity contribution >= 4 is 23.2 Å². The molecule has 0 aliphatic carbocycles. The first-order valence-electron chi connectivity index (χ1n) is 7.73. The van der Waals surface area contributed by atoms with Crippen LogP contribution in [0.2, 0.25) is 5.02 Å². The minimum absolute atomic E-state index is 0.00909. The van der Waals surface area contributed by atoms with Crippen LogP contribution in [0.1, 0.15) is 13.3 Å². The Morgan fingerprint density at radius 3 is 2.86 bits per heavy atom. The van der Waals surface area contributed by atoms with Crippen molar-refractivity contribution in [3.05, 3.63) is 29.3 Å². The van der Waals surface area contributed by atoms with Crippen molar-refractivity contribution in [2.75, 3.05) is 44.6 Å². The zero-order valence-corrected chi connectivity index (χ0v) is 13.7. The summed E-state index contributed by atoms with van der Waals surface area (Å²) in [4.78, 5) is 14.2. The third-order valence-corrected chi connectivity index (χ3v) is 3.84. The molecule has 1 aromatic rings. The van der Waals surface area contributed by atoms with E-state index in [0.29, 0.717) is 24.1 Å². The van der Waals surface area contributed by atoms with Gasteiger partial charge in [-0.1, -0.05) is 11.6 Å². The summed E-state index contributed by atoms with van der Waals surface area (Å²) in [5, 5.41) is 6.82. The van der Waals surface area contributed by atoms with Crippen LogP contribution in [0.15, 0.2) is 24.3 Å². The topological polar surface area (TPSA) is 53.6 Å². The van der Waals surface area contributed by atoms with Gasteiger partial charge in [0.1, 0.15) is 0 Å². The van der Waals surface area contributed by atoms with Crippen LogP contribution in [0.3, 0.4) is 0 Å². The molecule has 1 atom stereocenters.